The first-order valence-corrected chi connectivity index (χ1v) is 3.69. The molecule has 0 radical (unpaired) electrons. The van der Waals surface area contributed by atoms with E-state index in [9.17, 15) is 0 Å². The lowest BCUT2D eigenvalue weighted by molar-refractivity contribution is 0.0801. The highest BCUT2D eigenvalue weighted by Crippen LogP contribution is 2.19. The molecule has 0 aromatic carbocycles. The van der Waals surface area contributed by atoms with Crippen LogP contribution >= 0.6 is 11.8 Å². The SMILES string of the molecule is CC(O)(CO)SCCO. The Labute approximate surface area is 58.7 Å². The monoisotopic (exact) mass is 152 g/mol. The molecule has 3 nitrogen and oxygen atoms in total. The van der Waals surface area contributed by atoms with E-state index < -0.39 is 4.93 Å². The van der Waals surface area contributed by atoms with Crippen LogP contribution in [0.15, 0.2) is 0 Å². The Bertz CT molecular complexity index is 74.6. The smallest absolute Gasteiger partial charge is 0.130 e. The van der Waals surface area contributed by atoms with Gasteiger partial charge in [0, 0.05) is 5.75 Å². The Hall–Kier alpha value is 0.230. The van der Waals surface area contributed by atoms with E-state index in [0.29, 0.717) is 5.75 Å². The summed E-state index contributed by atoms with van der Waals surface area (Å²) in [6.07, 6.45) is 0. The van der Waals surface area contributed by atoms with Gasteiger partial charge in [-0.05, 0) is 6.92 Å². The van der Waals surface area contributed by atoms with Gasteiger partial charge in [0.1, 0.15) is 4.93 Å². The minimum atomic E-state index is -1.09. The van der Waals surface area contributed by atoms with Crippen molar-refractivity contribution in [3.63, 3.8) is 0 Å². The van der Waals surface area contributed by atoms with Crippen LogP contribution in [0.4, 0.5) is 0 Å². The van der Waals surface area contributed by atoms with Crippen LogP contribution in [0.1, 0.15) is 6.92 Å². The summed E-state index contributed by atoms with van der Waals surface area (Å²) in [4.78, 5) is -1.09. The standard InChI is InChI=1S/C5H12O3S/c1-5(8,4-7)9-3-2-6/h6-8H,2-4H2,1H3. The molecule has 56 valence electrons. The number of hydrogen-bond acceptors (Lipinski definition) is 4. The van der Waals surface area contributed by atoms with E-state index in [2.05, 4.69) is 0 Å². The maximum Gasteiger partial charge on any atom is 0.130 e. The van der Waals surface area contributed by atoms with Crippen molar-refractivity contribution < 1.29 is 15.3 Å². The molecule has 0 fully saturated rings. The molecule has 0 bridgehead atoms. The molecule has 1 atom stereocenters. The first-order chi connectivity index (χ1) is 4.12. The van der Waals surface area contributed by atoms with E-state index in [1.165, 1.54) is 6.92 Å². The largest absolute Gasteiger partial charge is 0.396 e. The van der Waals surface area contributed by atoms with Crippen LogP contribution in [0.5, 0.6) is 0 Å². The summed E-state index contributed by atoms with van der Waals surface area (Å²) in [5.41, 5.74) is 0. The van der Waals surface area contributed by atoms with Crippen LogP contribution in [0.25, 0.3) is 0 Å². The molecule has 0 aliphatic carbocycles. The van der Waals surface area contributed by atoms with Crippen LogP contribution in [-0.4, -0.2) is 39.2 Å². The molecular weight excluding hydrogens is 140 g/mol. The minimum Gasteiger partial charge on any atom is -0.396 e. The summed E-state index contributed by atoms with van der Waals surface area (Å²) < 4.78 is 0. The molecule has 0 amide bonds. The maximum atomic E-state index is 9.06. The highest BCUT2D eigenvalue weighted by Gasteiger charge is 2.17. The van der Waals surface area contributed by atoms with Crippen molar-refractivity contribution in [3.05, 3.63) is 0 Å². The van der Waals surface area contributed by atoms with Crippen molar-refractivity contribution >= 4 is 11.8 Å². The van der Waals surface area contributed by atoms with Crippen molar-refractivity contribution in [2.24, 2.45) is 0 Å². The topological polar surface area (TPSA) is 60.7 Å². The molecule has 3 N–H and O–H groups in total. The lowest BCUT2D eigenvalue weighted by Gasteiger charge is -2.18. The van der Waals surface area contributed by atoms with Crippen molar-refractivity contribution in [1.29, 1.82) is 0 Å². The van der Waals surface area contributed by atoms with E-state index in [0.717, 1.165) is 11.8 Å². The van der Waals surface area contributed by atoms with Crippen molar-refractivity contribution in [2.45, 2.75) is 11.9 Å². The van der Waals surface area contributed by atoms with Gasteiger partial charge in [-0.1, -0.05) is 0 Å². The molecule has 0 rings (SSSR count). The van der Waals surface area contributed by atoms with Crippen molar-refractivity contribution in [3.8, 4) is 0 Å². The normalized spacial score (nSPS) is 17.3. The fourth-order valence-electron chi connectivity index (χ4n) is 0.311. The molecule has 4 heteroatoms. The van der Waals surface area contributed by atoms with E-state index in [4.69, 9.17) is 15.3 Å². The first-order valence-electron chi connectivity index (χ1n) is 2.70. The summed E-state index contributed by atoms with van der Waals surface area (Å²) in [6.45, 7) is 1.26. The molecule has 0 aliphatic heterocycles. The molecule has 9 heavy (non-hydrogen) atoms. The molecule has 0 aromatic rings. The minimum absolute atomic E-state index is 0.0286. The molecule has 0 spiro atoms. The second-order valence-electron chi connectivity index (χ2n) is 1.91. The Morgan fingerprint density at radius 2 is 2.00 bits per heavy atom. The summed E-state index contributed by atoms with van der Waals surface area (Å²) in [5, 5.41) is 25.8. The maximum absolute atomic E-state index is 9.06. The van der Waals surface area contributed by atoms with Gasteiger partial charge in [-0.3, -0.25) is 0 Å². The fraction of sp³-hybridized carbons (Fsp3) is 1.00. The zero-order valence-electron chi connectivity index (χ0n) is 5.37. The zero-order valence-corrected chi connectivity index (χ0v) is 6.19. The quantitative estimate of drug-likeness (QED) is 0.471. The molecule has 1 unspecified atom stereocenters. The van der Waals surface area contributed by atoms with Gasteiger partial charge in [-0.15, -0.1) is 11.8 Å². The average molecular weight is 152 g/mol. The van der Waals surface area contributed by atoms with Gasteiger partial charge in [0.15, 0.2) is 0 Å². The fourth-order valence-corrected chi connectivity index (χ4v) is 0.933. The molecule has 0 saturated carbocycles. The van der Waals surface area contributed by atoms with E-state index in [1.807, 2.05) is 0 Å². The summed E-state index contributed by atoms with van der Waals surface area (Å²) in [7, 11) is 0. The number of aliphatic hydroxyl groups excluding tert-OH is 2. The van der Waals surface area contributed by atoms with Gasteiger partial charge < -0.3 is 15.3 Å². The third-order valence-electron chi connectivity index (χ3n) is 0.798. The van der Waals surface area contributed by atoms with E-state index in [-0.39, 0.29) is 13.2 Å². The molecule has 0 saturated heterocycles. The predicted molar refractivity (Wildman–Crippen MR) is 37.3 cm³/mol. The lowest BCUT2D eigenvalue weighted by atomic mass is 10.4. The summed E-state index contributed by atoms with van der Waals surface area (Å²) in [6, 6.07) is 0. The Kier molecular flexibility index (Phi) is 4.22. The van der Waals surface area contributed by atoms with Crippen molar-refractivity contribution in [2.75, 3.05) is 19.0 Å². The Balaban J connectivity index is 3.33. The third-order valence-corrected chi connectivity index (χ3v) is 1.94. The van der Waals surface area contributed by atoms with Crippen LogP contribution in [0, 0.1) is 0 Å². The predicted octanol–water partition coefficient (Wildman–Crippen LogP) is -0.587. The first kappa shape index (κ1) is 9.23. The molecule has 0 aromatic heterocycles. The zero-order chi connectivity index (χ0) is 7.33. The van der Waals surface area contributed by atoms with Gasteiger partial charge >= 0.3 is 0 Å². The second kappa shape index (κ2) is 4.11. The van der Waals surface area contributed by atoms with E-state index >= 15 is 0 Å². The van der Waals surface area contributed by atoms with Crippen LogP contribution < -0.4 is 0 Å². The van der Waals surface area contributed by atoms with Gasteiger partial charge in [0.25, 0.3) is 0 Å². The number of aliphatic hydroxyl groups is 3. The van der Waals surface area contributed by atoms with Gasteiger partial charge in [0.05, 0.1) is 13.2 Å². The Morgan fingerprint density at radius 3 is 2.33 bits per heavy atom. The van der Waals surface area contributed by atoms with Gasteiger partial charge in [-0.2, -0.15) is 0 Å². The molecule has 0 aliphatic rings. The summed E-state index contributed by atoms with van der Waals surface area (Å²) >= 11 is 1.13. The number of hydrogen-bond donors (Lipinski definition) is 3. The highest BCUT2D eigenvalue weighted by molar-refractivity contribution is 8.00. The Morgan fingerprint density at radius 1 is 1.44 bits per heavy atom. The van der Waals surface area contributed by atoms with Gasteiger partial charge in [0.2, 0.25) is 0 Å². The van der Waals surface area contributed by atoms with Gasteiger partial charge in [-0.25, -0.2) is 0 Å². The molecular formula is C5H12O3S. The highest BCUT2D eigenvalue weighted by atomic mass is 32.2. The van der Waals surface area contributed by atoms with Crippen LogP contribution in [-0.2, 0) is 0 Å². The van der Waals surface area contributed by atoms with Crippen LogP contribution in [0.2, 0.25) is 0 Å². The number of thioether (sulfide) groups is 1. The second-order valence-corrected chi connectivity index (χ2v) is 3.48. The third kappa shape index (κ3) is 4.72. The number of rotatable bonds is 4. The van der Waals surface area contributed by atoms with Crippen molar-refractivity contribution in [1.82, 2.24) is 0 Å². The summed E-state index contributed by atoms with van der Waals surface area (Å²) in [5.74, 6) is 0.452. The lowest BCUT2D eigenvalue weighted by Crippen LogP contribution is -2.25. The molecule has 0 heterocycles. The van der Waals surface area contributed by atoms with Crippen LogP contribution in [0.3, 0.4) is 0 Å². The average Bonchev–Trinajstić information content (AvgIpc) is 1.84. The van der Waals surface area contributed by atoms with E-state index in [1.54, 1.807) is 0 Å².